The largest absolute Gasteiger partial charge is 0.489 e. The van der Waals surface area contributed by atoms with E-state index >= 15 is 0 Å². The molecule has 10 heteroatoms. The predicted molar refractivity (Wildman–Crippen MR) is 143 cm³/mol. The number of ether oxygens (including phenoxy) is 3. The van der Waals surface area contributed by atoms with E-state index in [9.17, 15) is 9.00 Å². The van der Waals surface area contributed by atoms with E-state index in [4.69, 9.17) is 31.0 Å². The number of nitrogens with two attached hydrogens (primary N) is 1. The summed E-state index contributed by atoms with van der Waals surface area (Å²) in [7, 11) is -1.51. The second-order valence-electron chi connectivity index (χ2n) is 10.3. The Labute approximate surface area is 224 Å². The molecule has 0 aliphatic carbocycles. The van der Waals surface area contributed by atoms with Gasteiger partial charge in [0.1, 0.15) is 12.4 Å². The number of carbonyl (C=O) groups is 1. The number of rotatable bonds is 9. The zero-order valence-electron chi connectivity index (χ0n) is 20.9. The highest BCUT2D eigenvalue weighted by atomic mass is 79.9. The number of halogens is 2. The van der Waals surface area contributed by atoms with E-state index in [0.29, 0.717) is 36.9 Å². The lowest BCUT2D eigenvalue weighted by Crippen LogP contribution is -2.46. The molecule has 3 rings (SSSR count). The molecule has 2 aliphatic heterocycles. The topological polar surface area (TPSA) is 91.1 Å². The Morgan fingerprint density at radius 3 is 2.63 bits per heavy atom. The van der Waals surface area contributed by atoms with Gasteiger partial charge in [-0.1, -0.05) is 24.3 Å². The highest BCUT2D eigenvalue weighted by Crippen LogP contribution is 2.45. The van der Waals surface area contributed by atoms with Crippen LogP contribution in [0.1, 0.15) is 58.4 Å². The van der Waals surface area contributed by atoms with Gasteiger partial charge >= 0.3 is 0 Å². The Morgan fingerprint density at radius 1 is 1.43 bits per heavy atom. The molecule has 35 heavy (non-hydrogen) atoms. The average Bonchev–Trinajstić information content (AvgIpc) is 3.17. The standard InChI is InChI=1S/C25H36BrClN2O5S/c1-6-11-32-21-13-19(26)20(27)12-17(21)18(14-24(2,3)35(28)31)16-7-9-29(10-8-16)23(30)22-15-33-25(4,5)34-22/h6,12-13,16,18,22H,1,7-11,14-15,28H2,2-5H3/t18-,22-,35?/m1/s1. The summed E-state index contributed by atoms with van der Waals surface area (Å²) in [5.74, 6) is 0.154. The third kappa shape index (κ3) is 7.08. The monoisotopic (exact) mass is 590 g/mol. The van der Waals surface area contributed by atoms with Crippen molar-refractivity contribution in [3.63, 3.8) is 0 Å². The molecule has 1 aromatic carbocycles. The zero-order valence-corrected chi connectivity index (χ0v) is 24.0. The van der Waals surface area contributed by atoms with Crippen LogP contribution in [0.4, 0.5) is 0 Å². The molecule has 0 aromatic heterocycles. The lowest BCUT2D eigenvalue weighted by molar-refractivity contribution is -0.161. The first-order valence-corrected chi connectivity index (χ1v) is 14.2. The third-order valence-electron chi connectivity index (χ3n) is 6.77. The molecule has 2 N–H and O–H groups in total. The molecule has 2 heterocycles. The van der Waals surface area contributed by atoms with E-state index in [2.05, 4.69) is 22.5 Å². The summed E-state index contributed by atoms with van der Waals surface area (Å²) >= 11 is 10.0. The minimum Gasteiger partial charge on any atom is -0.489 e. The third-order valence-corrected chi connectivity index (χ3v) is 9.22. The van der Waals surface area contributed by atoms with Gasteiger partial charge < -0.3 is 19.1 Å². The van der Waals surface area contributed by atoms with Crippen LogP contribution >= 0.6 is 27.5 Å². The minimum absolute atomic E-state index is 0.00911. The van der Waals surface area contributed by atoms with Crippen LogP contribution < -0.4 is 9.88 Å². The van der Waals surface area contributed by atoms with Gasteiger partial charge in [-0.2, -0.15) is 0 Å². The van der Waals surface area contributed by atoms with Crippen LogP contribution in [0, 0.1) is 5.92 Å². The summed E-state index contributed by atoms with van der Waals surface area (Å²) in [6.45, 7) is 13.1. The van der Waals surface area contributed by atoms with E-state index in [1.807, 2.05) is 44.7 Å². The Balaban J connectivity index is 1.84. The molecule has 1 amide bonds. The fraction of sp³-hybridized carbons (Fsp3) is 0.640. The van der Waals surface area contributed by atoms with Crippen molar-refractivity contribution in [3.05, 3.63) is 39.8 Å². The first-order chi connectivity index (χ1) is 16.3. The second-order valence-corrected chi connectivity index (χ2v) is 13.2. The molecule has 196 valence electrons. The molecular formula is C25H36BrClN2O5S. The SMILES string of the molecule is C=CCOc1cc(Br)c(Cl)cc1[C@H](CC(C)(C)S(N)=O)C1CCN(C(=O)[C@H]2COC(C)(C)O2)CC1. The van der Waals surface area contributed by atoms with Crippen molar-refractivity contribution in [3.8, 4) is 5.75 Å². The van der Waals surface area contributed by atoms with Crippen LogP contribution in [0.3, 0.4) is 0 Å². The van der Waals surface area contributed by atoms with Crippen molar-refractivity contribution in [2.75, 3.05) is 26.3 Å². The number of nitrogens with zero attached hydrogens (tertiary/aromatic N) is 1. The number of benzene rings is 1. The summed E-state index contributed by atoms with van der Waals surface area (Å²) in [5.41, 5.74) is 0.956. The average molecular weight is 592 g/mol. The Morgan fingerprint density at radius 2 is 2.09 bits per heavy atom. The van der Waals surface area contributed by atoms with Gasteiger partial charge in [0, 0.05) is 17.6 Å². The molecule has 3 atom stereocenters. The van der Waals surface area contributed by atoms with Gasteiger partial charge in [0.05, 0.1) is 27.4 Å². The van der Waals surface area contributed by atoms with Gasteiger partial charge in [-0.05, 0) is 92.4 Å². The molecule has 1 aromatic rings. The molecule has 0 radical (unpaired) electrons. The van der Waals surface area contributed by atoms with E-state index in [1.54, 1.807) is 6.08 Å². The summed E-state index contributed by atoms with van der Waals surface area (Å²) in [6.07, 6.45) is 3.29. The number of piperidine rings is 1. The fourth-order valence-electron chi connectivity index (χ4n) is 4.78. The Hall–Kier alpha value is -0.970. The van der Waals surface area contributed by atoms with Crippen LogP contribution in [-0.2, 0) is 25.3 Å². The van der Waals surface area contributed by atoms with Gasteiger partial charge in [-0.15, -0.1) is 0 Å². The van der Waals surface area contributed by atoms with E-state index < -0.39 is 27.6 Å². The maximum Gasteiger partial charge on any atom is 0.254 e. The first kappa shape index (κ1) is 28.6. The van der Waals surface area contributed by atoms with Crippen molar-refractivity contribution in [2.24, 2.45) is 11.1 Å². The summed E-state index contributed by atoms with van der Waals surface area (Å²) in [5, 5.41) is 6.45. The first-order valence-electron chi connectivity index (χ1n) is 11.8. The highest BCUT2D eigenvalue weighted by Gasteiger charge is 2.41. The van der Waals surface area contributed by atoms with Gasteiger partial charge in [0.15, 0.2) is 11.9 Å². The Bertz CT molecular complexity index is 965. The van der Waals surface area contributed by atoms with Gasteiger partial charge in [-0.25, -0.2) is 4.21 Å². The van der Waals surface area contributed by atoms with Crippen molar-refractivity contribution >= 4 is 44.4 Å². The van der Waals surface area contributed by atoms with Gasteiger partial charge in [0.25, 0.3) is 5.91 Å². The minimum atomic E-state index is -1.51. The van der Waals surface area contributed by atoms with Crippen molar-refractivity contribution in [2.45, 2.75) is 69.5 Å². The van der Waals surface area contributed by atoms with Crippen molar-refractivity contribution < 1.29 is 23.2 Å². The normalized spacial score (nSPS) is 22.6. The maximum atomic E-state index is 13.0. The molecule has 0 bridgehead atoms. The number of hydrogen-bond acceptors (Lipinski definition) is 5. The van der Waals surface area contributed by atoms with Crippen LogP contribution in [0.25, 0.3) is 0 Å². The number of amides is 1. The fourth-order valence-corrected chi connectivity index (χ4v) is 5.62. The quantitative estimate of drug-likeness (QED) is 0.411. The molecule has 0 saturated carbocycles. The van der Waals surface area contributed by atoms with E-state index in [0.717, 1.165) is 22.9 Å². The van der Waals surface area contributed by atoms with Crippen molar-refractivity contribution in [1.29, 1.82) is 0 Å². The predicted octanol–water partition coefficient (Wildman–Crippen LogP) is 4.93. The summed E-state index contributed by atoms with van der Waals surface area (Å²) in [4.78, 5) is 14.9. The van der Waals surface area contributed by atoms with Crippen LogP contribution in [0.5, 0.6) is 5.75 Å². The number of likely N-dealkylation sites (tertiary alicyclic amines) is 1. The Kier molecular flexibility index (Phi) is 9.48. The maximum absolute atomic E-state index is 13.0. The molecule has 1 unspecified atom stereocenters. The zero-order chi connectivity index (χ0) is 26.0. The molecule has 0 spiro atoms. The lowest BCUT2D eigenvalue weighted by atomic mass is 9.75. The van der Waals surface area contributed by atoms with E-state index in [-0.39, 0.29) is 24.3 Å². The lowest BCUT2D eigenvalue weighted by Gasteiger charge is -2.39. The number of hydrogen-bond donors (Lipinski definition) is 1. The van der Waals surface area contributed by atoms with Crippen LogP contribution in [0.15, 0.2) is 29.3 Å². The number of carbonyl (C=O) groups excluding carboxylic acids is 1. The molecule has 2 aliphatic rings. The van der Waals surface area contributed by atoms with E-state index in [1.165, 1.54) is 0 Å². The second kappa shape index (κ2) is 11.6. The molecule has 2 fully saturated rings. The summed E-state index contributed by atoms with van der Waals surface area (Å²) < 4.78 is 29.8. The highest BCUT2D eigenvalue weighted by molar-refractivity contribution is 9.10. The molecular weight excluding hydrogens is 556 g/mol. The smallest absolute Gasteiger partial charge is 0.254 e. The van der Waals surface area contributed by atoms with Crippen LogP contribution in [-0.4, -0.2) is 58.0 Å². The van der Waals surface area contributed by atoms with Gasteiger partial charge in [0.2, 0.25) is 0 Å². The summed E-state index contributed by atoms with van der Waals surface area (Å²) in [6, 6.07) is 3.80. The molecule has 2 saturated heterocycles. The van der Waals surface area contributed by atoms with Gasteiger partial charge in [-0.3, -0.25) is 9.93 Å². The van der Waals surface area contributed by atoms with Crippen LogP contribution in [0.2, 0.25) is 5.02 Å². The molecule has 7 nitrogen and oxygen atoms in total. The van der Waals surface area contributed by atoms with Crippen molar-refractivity contribution in [1.82, 2.24) is 4.90 Å².